The number of carboxylic acid groups (broad SMARTS) is 2. The minimum Gasteiger partial charge on any atom is -0.481 e. The summed E-state index contributed by atoms with van der Waals surface area (Å²) in [5.41, 5.74) is 28.1. The number of aliphatic imine (C=N–C) groups is 2. The summed E-state index contributed by atoms with van der Waals surface area (Å²) in [5, 5.41) is 26.0. The Kier molecular flexibility index (Phi) is 16.1. The van der Waals surface area contributed by atoms with E-state index >= 15 is 0 Å². The second-order valence-electron chi connectivity index (χ2n) is 9.65. The molecular weight excluding hydrogens is 564 g/mol. The molecule has 0 aliphatic heterocycles. The summed E-state index contributed by atoms with van der Waals surface area (Å²) in [6, 6.07) is 3.99. The summed E-state index contributed by atoms with van der Waals surface area (Å²) in [5.74, 6) is -5.29. The quantitative estimate of drug-likeness (QED) is 0.0405. The Balaban J connectivity index is 3.05. The Hall–Kier alpha value is -4.93. The Morgan fingerprint density at radius 2 is 1.16 bits per heavy atom. The zero-order valence-corrected chi connectivity index (χ0v) is 23.8. The Morgan fingerprint density at radius 3 is 1.65 bits per heavy atom. The second kappa shape index (κ2) is 19.2. The summed E-state index contributed by atoms with van der Waals surface area (Å²) in [7, 11) is 0. The second-order valence-corrected chi connectivity index (χ2v) is 9.65. The van der Waals surface area contributed by atoms with E-state index in [-0.39, 0.29) is 63.5 Å². The highest BCUT2D eigenvalue weighted by Gasteiger charge is 2.30. The van der Waals surface area contributed by atoms with E-state index in [0.717, 1.165) is 5.56 Å². The maximum Gasteiger partial charge on any atom is 0.326 e. The molecule has 43 heavy (non-hydrogen) atoms. The molecule has 4 unspecified atom stereocenters. The summed E-state index contributed by atoms with van der Waals surface area (Å²) < 4.78 is 0. The van der Waals surface area contributed by atoms with E-state index in [4.69, 9.17) is 33.8 Å². The maximum atomic E-state index is 13.3. The van der Waals surface area contributed by atoms with Crippen molar-refractivity contribution >= 4 is 41.6 Å². The summed E-state index contributed by atoms with van der Waals surface area (Å²) in [6.45, 7) is 0.260. The first-order valence-corrected chi connectivity index (χ1v) is 13.6. The van der Waals surface area contributed by atoms with E-state index in [0.29, 0.717) is 0 Å². The largest absolute Gasteiger partial charge is 0.481 e. The number of rotatable bonds is 20. The van der Waals surface area contributed by atoms with Crippen molar-refractivity contribution in [3.05, 3.63) is 35.9 Å². The first kappa shape index (κ1) is 36.1. The van der Waals surface area contributed by atoms with Gasteiger partial charge < -0.3 is 54.8 Å². The van der Waals surface area contributed by atoms with Crippen LogP contribution in [0.1, 0.15) is 44.1 Å². The van der Waals surface area contributed by atoms with Gasteiger partial charge in [0.25, 0.3) is 0 Å². The first-order chi connectivity index (χ1) is 20.3. The third-order valence-electron chi connectivity index (χ3n) is 6.05. The molecule has 17 heteroatoms. The molecule has 0 saturated heterocycles. The number of nitrogens with two attached hydrogens (primary N) is 5. The predicted molar refractivity (Wildman–Crippen MR) is 158 cm³/mol. The van der Waals surface area contributed by atoms with Crippen LogP contribution in [0.5, 0.6) is 0 Å². The predicted octanol–water partition coefficient (Wildman–Crippen LogP) is -2.93. The number of guanidine groups is 2. The van der Waals surface area contributed by atoms with Crippen LogP contribution < -0.4 is 44.6 Å². The Bertz CT molecular complexity index is 1140. The molecule has 0 bridgehead atoms. The highest BCUT2D eigenvalue weighted by atomic mass is 16.4. The molecule has 1 rings (SSSR count). The van der Waals surface area contributed by atoms with Gasteiger partial charge >= 0.3 is 11.9 Å². The Morgan fingerprint density at radius 1 is 0.698 bits per heavy atom. The fraction of sp³-hybridized carbons (Fsp3) is 0.500. The van der Waals surface area contributed by atoms with Crippen LogP contribution >= 0.6 is 0 Å². The number of benzene rings is 1. The third kappa shape index (κ3) is 15.6. The van der Waals surface area contributed by atoms with Crippen molar-refractivity contribution in [3.8, 4) is 0 Å². The van der Waals surface area contributed by atoms with Crippen molar-refractivity contribution in [2.75, 3.05) is 13.1 Å². The summed E-state index contributed by atoms with van der Waals surface area (Å²) >= 11 is 0. The van der Waals surface area contributed by atoms with Gasteiger partial charge in [-0.3, -0.25) is 29.2 Å². The van der Waals surface area contributed by atoms with Gasteiger partial charge in [0.15, 0.2) is 11.9 Å². The normalized spacial score (nSPS) is 13.3. The van der Waals surface area contributed by atoms with Crippen molar-refractivity contribution in [1.82, 2.24) is 16.0 Å². The molecule has 1 aromatic rings. The van der Waals surface area contributed by atoms with Gasteiger partial charge in [0.1, 0.15) is 18.1 Å². The monoisotopic (exact) mass is 606 g/mol. The van der Waals surface area contributed by atoms with Crippen LogP contribution in [0.25, 0.3) is 0 Å². The van der Waals surface area contributed by atoms with Gasteiger partial charge in [-0.25, -0.2) is 4.79 Å². The van der Waals surface area contributed by atoms with E-state index in [1.165, 1.54) is 0 Å². The molecule has 4 atom stereocenters. The fourth-order valence-corrected chi connectivity index (χ4v) is 3.85. The molecular formula is C26H42N10O7. The van der Waals surface area contributed by atoms with Crippen LogP contribution in [0.2, 0.25) is 0 Å². The molecule has 0 aliphatic rings. The number of carboxylic acids is 2. The van der Waals surface area contributed by atoms with Crippen molar-refractivity contribution in [3.63, 3.8) is 0 Å². The summed E-state index contributed by atoms with van der Waals surface area (Å²) in [6.07, 6.45) is -0.193. The minimum atomic E-state index is -1.43. The van der Waals surface area contributed by atoms with Gasteiger partial charge in [0.05, 0.1) is 6.04 Å². The SMILES string of the molecule is NC(N)=NCCCC(NC(=O)C(CCC(=O)O)NC(=O)C(CCCN=C(N)N)NC(=O)C(N)Cc1ccccc1)C(=O)O. The van der Waals surface area contributed by atoms with Crippen LogP contribution in [-0.4, -0.2) is 89.0 Å². The number of hydrogen-bond acceptors (Lipinski definition) is 8. The third-order valence-corrected chi connectivity index (χ3v) is 6.05. The minimum absolute atomic E-state index is 0.0414. The van der Waals surface area contributed by atoms with Gasteiger partial charge in [0, 0.05) is 19.5 Å². The topological polar surface area (TPSA) is 317 Å². The van der Waals surface area contributed by atoms with Gasteiger partial charge in [-0.1, -0.05) is 30.3 Å². The van der Waals surface area contributed by atoms with Crippen molar-refractivity contribution in [1.29, 1.82) is 0 Å². The zero-order chi connectivity index (χ0) is 32.4. The zero-order valence-electron chi connectivity index (χ0n) is 23.8. The average Bonchev–Trinajstić information content (AvgIpc) is 2.93. The van der Waals surface area contributed by atoms with E-state index in [2.05, 4.69) is 25.9 Å². The number of carbonyl (C=O) groups is 5. The highest BCUT2D eigenvalue weighted by Crippen LogP contribution is 2.07. The molecule has 15 N–H and O–H groups in total. The lowest BCUT2D eigenvalue weighted by Crippen LogP contribution is -2.57. The van der Waals surface area contributed by atoms with E-state index in [1.807, 2.05) is 6.07 Å². The molecule has 1 aromatic carbocycles. The lowest BCUT2D eigenvalue weighted by Gasteiger charge is -2.25. The summed E-state index contributed by atoms with van der Waals surface area (Å²) in [4.78, 5) is 69.8. The molecule has 17 nitrogen and oxygen atoms in total. The van der Waals surface area contributed by atoms with Crippen LogP contribution in [0.4, 0.5) is 0 Å². The lowest BCUT2D eigenvalue weighted by atomic mass is 10.0. The molecule has 3 amide bonds. The van der Waals surface area contributed by atoms with E-state index < -0.39 is 60.2 Å². The van der Waals surface area contributed by atoms with E-state index in [1.54, 1.807) is 24.3 Å². The molecule has 0 radical (unpaired) electrons. The molecule has 0 aliphatic carbocycles. The van der Waals surface area contributed by atoms with Gasteiger partial charge in [-0.05, 0) is 44.1 Å². The van der Waals surface area contributed by atoms with Gasteiger partial charge in [-0.2, -0.15) is 0 Å². The Labute approximate surface area is 248 Å². The molecule has 0 heterocycles. The van der Waals surface area contributed by atoms with Crippen molar-refractivity contribution in [2.45, 2.75) is 69.1 Å². The standard InChI is InChI=1S/C26H42N10O7/c27-16(14-15-6-2-1-3-7-15)21(39)34-17(8-4-12-32-25(28)29)22(40)35-18(10-11-20(37)38)23(41)36-19(24(42)43)9-5-13-33-26(30)31/h1-3,6-7,16-19H,4-5,8-14,27H2,(H,34,39)(H,35,40)(H,36,41)(H,37,38)(H,42,43)(H4,28,29,32)(H4,30,31,33). The molecule has 0 spiro atoms. The molecule has 0 saturated carbocycles. The van der Waals surface area contributed by atoms with Crippen LogP contribution in [0, 0.1) is 0 Å². The number of nitrogens with zero attached hydrogens (tertiary/aromatic N) is 2. The number of nitrogens with one attached hydrogen (secondary N) is 3. The van der Waals surface area contributed by atoms with Gasteiger partial charge in [-0.15, -0.1) is 0 Å². The van der Waals surface area contributed by atoms with Crippen molar-refractivity contribution < 1.29 is 34.2 Å². The molecule has 238 valence electrons. The average molecular weight is 607 g/mol. The van der Waals surface area contributed by atoms with Crippen molar-refractivity contribution in [2.24, 2.45) is 38.7 Å². The number of amides is 3. The number of carbonyl (C=O) groups excluding carboxylic acids is 3. The fourth-order valence-electron chi connectivity index (χ4n) is 3.85. The first-order valence-electron chi connectivity index (χ1n) is 13.6. The van der Waals surface area contributed by atoms with Crippen LogP contribution in [0.3, 0.4) is 0 Å². The van der Waals surface area contributed by atoms with Crippen LogP contribution in [0.15, 0.2) is 40.3 Å². The molecule has 0 fully saturated rings. The van der Waals surface area contributed by atoms with Gasteiger partial charge in [0.2, 0.25) is 17.7 Å². The van der Waals surface area contributed by atoms with Crippen LogP contribution in [-0.2, 0) is 30.4 Å². The lowest BCUT2D eigenvalue weighted by molar-refractivity contribution is -0.143. The maximum absolute atomic E-state index is 13.3. The highest BCUT2D eigenvalue weighted by molar-refractivity contribution is 5.94. The molecule has 0 aromatic heterocycles. The number of hydrogen-bond donors (Lipinski definition) is 10. The number of aliphatic carboxylic acids is 2. The van der Waals surface area contributed by atoms with E-state index in [9.17, 15) is 29.1 Å². The smallest absolute Gasteiger partial charge is 0.326 e.